The van der Waals surface area contributed by atoms with Crippen molar-refractivity contribution < 1.29 is 24.2 Å². The van der Waals surface area contributed by atoms with Crippen molar-refractivity contribution in [2.45, 2.75) is 20.3 Å². The van der Waals surface area contributed by atoms with Crippen LogP contribution >= 0.6 is 0 Å². The standard InChI is InChI=1S/C23H25N3O5/c1-3-30-23(29)19-14(2)26-17-9-5-10-18(20(17)21(19)24)31-12-6-11-25-22(28)15-7-4-8-16(27)13-15/h4-5,7-10,13,27H,3,6,11-12H2,1-2H3,(H2,24,26)(H,25,28). The lowest BCUT2D eigenvalue weighted by Crippen LogP contribution is -2.25. The van der Waals surface area contributed by atoms with E-state index >= 15 is 0 Å². The number of phenols is 1. The topological polar surface area (TPSA) is 124 Å². The minimum absolute atomic E-state index is 0.0376. The van der Waals surface area contributed by atoms with Gasteiger partial charge in [-0.2, -0.15) is 0 Å². The molecule has 0 saturated carbocycles. The van der Waals surface area contributed by atoms with Gasteiger partial charge in [0.1, 0.15) is 17.1 Å². The molecule has 162 valence electrons. The summed E-state index contributed by atoms with van der Waals surface area (Å²) in [6.07, 6.45) is 0.546. The lowest BCUT2D eigenvalue weighted by Gasteiger charge is -2.15. The van der Waals surface area contributed by atoms with Crippen LogP contribution in [0, 0.1) is 6.92 Å². The maximum atomic E-state index is 12.3. The van der Waals surface area contributed by atoms with Gasteiger partial charge in [-0.3, -0.25) is 9.78 Å². The zero-order valence-corrected chi connectivity index (χ0v) is 17.5. The highest BCUT2D eigenvalue weighted by Gasteiger charge is 2.20. The Morgan fingerprint density at radius 1 is 1.19 bits per heavy atom. The number of esters is 1. The fourth-order valence-corrected chi connectivity index (χ4v) is 3.23. The number of aryl methyl sites for hydroxylation is 1. The summed E-state index contributed by atoms with van der Waals surface area (Å²) in [5.74, 6) is -0.247. The monoisotopic (exact) mass is 423 g/mol. The molecule has 3 aromatic rings. The molecule has 1 amide bonds. The molecule has 31 heavy (non-hydrogen) atoms. The van der Waals surface area contributed by atoms with Gasteiger partial charge in [0.25, 0.3) is 5.91 Å². The van der Waals surface area contributed by atoms with Crippen LogP contribution in [0.25, 0.3) is 10.9 Å². The van der Waals surface area contributed by atoms with Crippen molar-refractivity contribution in [3.8, 4) is 11.5 Å². The minimum atomic E-state index is -0.517. The zero-order valence-electron chi connectivity index (χ0n) is 17.5. The van der Waals surface area contributed by atoms with Crippen molar-refractivity contribution in [3.05, 3.63) is 59.3 Å². The first-order chi connectivity index (χ1) is 14.9. The van der Waals surface area contributed by atoms with Crippen LogP contribution in [0.15, 0.2) is 42.5 Å². The number of amides is 1. The first kappa shape index (κ1) is 21.9. The summed E-state index contributed by atoms with van der Waals surface area (Å²) in [6, 6.07) is 11.5. The molecule has 0 aliphatic rings. The van der Waals surface area contributed by atoms with E-state index < -0.39 is 5.97 Å². The Hall–Kier alpha value is -3.81. The molecular weight excluding hydrogens is 398 g/mol. The van der Waals surface area contributed by atoms with Gasteiger partial charge in [-0.15, -0.1) is 0 Å². The summed E-state index contributed by atoms with van der Waals surface area (Å²) in [5.41, 5.74) is 8.32. The Balaban J connectivity index is 1.67. The predicted molar refractivity (Wildman–Crippen MR) is 117 cm³/mol. The molecule has 8 heteroatoms. The number of pyridine rings is 1. The van der Waals surface area contributed by atoms with Crippen molar-refractivity contribution in [3.63, 3.8) is 0 Å². The molecule has 0 fully saturated rings. The number of nitrogens with zero attached hydrogens (tertiary/aromatic N) is 1. The van der Waals surface area contributed by atoms with Crippen molar-refractivity contribution >= 4 is 28.5 Å². The Kier molecular flexibility index (Phi) is 6.92. The van der Waals surface area contributed by atoms with Gasteiger partial charge in [-0.1, -0.05) is 12.1 Å². The fraction of sp³-hybridized carbons (Fsp3) is 0.261. The number of carbonyl (C=O) groups is 2. The van der Waals surface area contributed by atoms with Crippen LogP contribution in [0.2, 0.25) is 0 Å². The molecule has 0 radical (unpaired) electrons. The highest BCUT2D eigenvalue weighted by Crippen LogP contribution is 2.33. The van der Waals surface area contributed by atoms with Crippen LogP contribution in [0.3, 0.4) is 0 Å². The van der Waals surface area contributed by atoms with E-state index in [4.69, 9.17) is 15.2 Å². The number of rotatable bonds is 8. The number of anilines is 1. The van der Waals surface area contributed by atoms with Gasteiger partial charge < -0.3 is 25.6 Å². The number of carbonyl (C=O) groups excluding carboxylic acids is 2. The average Bonchev–Trinajstić information content (AvgIpc) is 2.73. The van der Waals surface area contributed by atoms with E-state index in [0.29, 0.717) is 47.5 Å². The molecular formula is C23H25N3O5. The third-order valence-corrected chi connectivity index (χ3v) is 4.65. The molecule has 4 N–H and O–H groups in total. The number of aromatic nitrogens is 1. The third kappa shape index (κ3) is 5.03. The SMILES string of the molecule is CCOC(=O)c1c(C)nc2cccc(OCCCNC(=O)c3cccc(O)c3)c2c1N. The van der Waals surface area contributed by atoms with Crippen LogP contribution in [-0.4, -0.2) is 41.7 Å². The number of nitrogens with one attached hydrogen (secondary N) is 1. The lowest BCUT2D eigenvalue weighted by atomic mass is 10.1. The largest absolute Gasteiger partial charge is 0.508 e. The Labute approximate surface area is 180 Å². The Morgan fingerprint density at radius 2 is 1.97 bits per heavy atom. The quantitative estimate of drug-likeness (QED) is 0.375. The summed E-state index contributed by atoms with van der Waals surface area (Å²) in [4.78, 5) is 28.9. The molecule has 1 heterocycles. The van der Waals surface area contributed by atoms with E-state index in [2.05, 4.69) is 10.3 Å². The number of benzene rings is 2. The molecule has 0 aliphatic carbocycles. The molecule has 1 aromatic heterocycles. The van der Waals surface area contributed by atoms with Crippen LogP contribution in [0.1, 0.15) is 39.8 Å². The molecule has 2 aromatic carbocycles. The average molecular weight is 423 g/mol. The summed E-state index contributed by atoms with van der Waals surface area (Å²) < 4.78 is 11.0. The van der Waals surface area contributed by atoms with Gasteiger partial charge in [0.15, 0.2) is 0 Å². The number of fused-ring (bicyclic) bond motifs is 1. The maximum absolute atomic E-state index is 12.3. The van der Waals surface area contributed by atoms with Gasteiger partial charge in [0.05, 0.1) is 35.5 Å². The van der Waals surface area contributed by atoms with Gasteiger partial charge in [0.2, 0.25) is 0 Å². The van der Waals surface area contributed by atoms with Crippen molar-refractivity contribution in [2.75, 3.05) is 25.5 Å². The van der Waals surface area contributed by atoms with Gasteiger partial charge in [-0.25, -0.2) is 4.79 Å². The molecule has 0 unspecified atom stereocenters. The smallest absolute Gasteiger partial charge is 0.342 e. The second-order valence-electron chi connectivity index (χ2n) is 6.86. The normalized spacial score (nSPS) is 10.6. The molecule has 3 rings (SSSR count). The van der Waals surface area contributed by atoms with Crippen LogP contribution in [0.4, 0.5) is 5.69 Å². The number of aromatic hydroxyl groups is 1. The summed E-state index contributed by atoms with van der Waals surface area (Å²) in [7, 11) is 0. The maximum Gasteiger partial charge on any atom is 0.342 e. The van der Waals surface area contributed by atoms with Crippen molar-refractivity contribution in [2.24, 2.45) is 0 Å². The van der Waals surface area contributed by atoms with Gasteiger partial charge in [0, 0.05) is 12.1 Å². The molecule has 0 saturated heterocycles. The summed E-state index contributed by atoms with van der Waals surface area (Å²) >= 11 is 0. The van der Waals surface area contributed by atoms with Crippen LogP contribution in [-0.2, 0) is 4.74 Å². The first-order valence-corrected chi connectivity index (χ1v) is 9.98. The van der Waals surface area contributed by atoms with Crippen molar-refractivity contribution in [1.82, 2.24) is 10.3 Å². The molecule has 8 nitrogen and oxygen atoms in total. The van der Waals surface area contributed by atoms with E-state index in [9.17, 15) is 14.7 Å². The second-order valence-corrected chi connectivity index (χ2v) is 6.86. The van der Waals surface area contributed by atoms with E-state index in [0.717, 1.165) is 0 Å². The molecule has 0 bridgehead atoms. The Morgan fingerprint density at radius 3 is 2.71 bits per heavy atom. The number of phenolic OH excluding ortho intramolecular Hbond substituents is 1. The highest BCUT2D eigenvalue weighted by atomic mass is 16.5. The predicted octanol–water partition coefficient (Wildman–Crippen LogP) is 3.21. The fourth-order valence-electron chi connectivity index (χ4n) is 3.23. The molecule has 0 spiro atoms. The van der Waals surface area contributed by atoms with Crippen LogP contribution < -0.4 is 15.8 Å². The number of nitrogens with two attached hydrogens (primary N) is 1. The van der Waals surface area contributed by atoms with E-state index in [1.165, 1.54) is 12.1 Å². The number of nitrogen functional groups attached to an aromatic ring is 1. The van der Waals surface area contributed by atoms with E-state index in [1.54, 1.807) is 44.2 Å². The second kappa shape index (κ2) is 9.80. The first-order valence-electron chi connectivity index (χ1n) is 9.98. The summed E-state index contributed by atoms with van der Waals surface area (Å²) in [6.45, 7) is 4.39. The van der Waals surface area contributed by atoms with E-state index in [1.807, 2.05) is 0 Å². The van der Waals surface area contributed by atoms with E-state index in [-0.39, 0.29) is 29.5 Å². The van der Waals surface area contributed by atoms with Gasteiger partial charge >= 0.3 is 5.97 Å². The third-order valence-electron chi connectivity index (χ3n) is 4.65. The Bertz CT molecular complexity index is 1110. The van der Waals surface area contributed by atoms with Crippen LogP contribution in [0.5, 0.6) is 11.5 Å². The molecule has 0 atom stereocenters. The minimum Gasteiger partial charge on any atom is -0.508 e. The number of hydrogen-bond acceptors (Lipinski definition) is 7. The number of ether oxygens (including phenoxy) is 2. The zero-order chi connectivity index (χ0) is 22.4. The highest BCUT2D eigenvalue weighted by molar-refractivity contribution is 6.07. The number of hydrogen-bond donors (Lipinski definition) is 3. The van der Waals surface area contributed by atoms with Crippen molar-refractivity contribution in [1.29, 1.82) is 0 Å². The summed E-state index contributed by atoms with van der Waals surface area (Å²) in [5, 5.41) is 12.8. The molecule has 0 aliphatic heterocycles. The van der Waals surface area contributed by atoms with Gasteiger partial charge in [-0.05, 0) is 50.6 Å². The lowest BCUT2D eigenvalue weighted by molar-refractivity contribution is 0.0526.